The summed E-state index contributed by atoms with van der Waals surface area (Å²) < 4.78 is 0. The average Bonchev–Trinajstić information content (AvgIpc) is 3.33. The van der Waals surface area contributed by atoms with Gasteiger partial charge >= 0.3 is 0 Å². The molecule has 11 rings (SSSR count). The van der Waals surface area contributed by atoms with Gasteiger partial charge in [0.25, 0.3) is 0 Å². The second-order valence-corrected chi connectivity index (χ2v) is 15.6. The van der Waals surface area contributed by atoms with Crippen molar-refractivity contribution >= 4 is 32.3 Å². The summed E-state index contributed by atoms with van der Waals surface area (Å²) in [7, 11) is 0. The van der Waals surface area contributed by atoms with Crippen LogP contribution in [0.25, 0.3) is 110 Å². The molecule has 0 aliphatic carbocycles. The zero-order valence-corrected chi connectivity index (χ0v) is 33.1. The van der Waals surface area contributed by atoms with E-state index < -0.39 is 0 Å². The summed E-state index contributed by atoms with van der Waals surface area (Å²) in [5.74, 6) is 0. The largest absolute Gasteiger partial charge is 0.0622 e. The lowest BCUT2D eigenvalue weighted by molar-refractivity contribution is 1.56. The van der Waals surface area contributed by atoms with Crippen molar-refractivity contribution in [3.05, 3.63) is 243 Å². The van der Waals surface area contributed by atoms with Crippen molar-refractivity contribution in [3.8, 4) is 77.9 Å². The molecule has 0 bridgehead atoms. The van der Waals surface area contributed by atoms with Crippen LogP contribution in [0.15, 0.2) is 243 Å². The quantitative estimate of drug-likeness (QED) is 0.142. The van der Waals surface area contributed by atoms with Gasteiger partial charge in [0.15, 0.2) is 0 Å². The third kappa shape index (κ3) is 6.36. The summed E-state index contributed by atoms with van der Waals surface area (Å²) >= 11 is 0. The van der Waals surface area contributed by atoms with Gasteiger partial charge in [-0.1, -0.05) is 231 Å². The summed E-state index contributed by atoms with van der Waals surface area (Å²) in [5, 5.41) is 7.53. The van der Waals surface area contributed by atoms with Crippen molar-refractivity contribution < 1.29 is 0 Å². The van der Waals surface area contributed by atoms with Crippen LogP contribution in [0.5, 0.6) is 0 Å². The smallest absolute Gasteiger partial charge is 0.00199 e. The van der Waals surface area contributed by atoms with Crippen molar-refractivity contribution in [2.24, 2.45) is 0 Å². The van der Waals surface area contributed by atoms with Crippen molar-refractivity contribution in [1.82, 2.24) is 0 Å². The van der Waals surface area contributed by atoms with Crippen molar-refractivity contribution in [2.45, 2.75) is 0 Å². The Balaban J connectivity index is 1.06. The average molecular weight is 761 g/mol. The maximum Gasteiger partial charge on any atom is -0.00199 e. The van der Waals surface area contributed by atoms with Gasteiger partial charge in [-0.15, -0.1) is 0 Å². The van der Waals surface area contributed by atoms with Gasteiger partial charge in [-0.25, -0.2) is 0 Å². The van der Waals surface area contributed by atoms with E-state index in [-0.39, 0.29) is 0 Å². The number of benzene rings is 11. The van der Waals surface area contributed by atoms with Crippen LogP contribution in [0.4, 0.5) is 0 Å². The van der Waals surface area contributed by atoms with Crippen molar-refractivity contribution in [2.75, 3.05) is 0 Å². The Morgan fingerprint density at radius 1 is 0.167 bits per heavy atom. The van der Waals surface area contributed by atoms with Crippen LogP contribution in [0.1, 0.15) is 0 Å². The van der Waals surface area contributed by atoms with Gasteiger partial charge in [0, 0.05) is 0 Å². The molecule has 0 heterocycles. The summed E-state index contributed by atoms with van der Waals surface area (Å²) in [6.07, 6.45) is 0. The maximum atomic E-state index is 2.43. The highest BCUT2D eigenvalue weighted by Crippen LogP contribution is 2.47. The van der Waals surface area contributed by atoms with Crippen molar-refractivity contribution in [1.29, 1.82) is 0 Å². The standard InChI is InChI=1S/C60H40/c1-3-15-41(16-4-1)48-21-13-22-50(39-48)53-38-37-49(44-31-29-42(30-32-44)43-33-35-46(36-34-43)52-28-14-20-45-17-7-8-23-51(45)52)40-58(53)60-56-26-11-9-24-54(56)59(47-18-5-2-6-19-47)55-25-10-12-27-57(55)60/h1-40H. The predicted octanol–water partition coefficient (Wildman–Crippen LogP) is 16.8. The molecule has 0 unspecified atom stereocenters. The predicted molar refractivity (Wildman–Crippen MR) is 257 cm³/mol. The fourth-order valence-corrected chi connectivity index (χ4v) is 9.19. The third-order valence-electron chi connectivity index (χ3n) is 12.1. The van der Waals surface area contributed by atoms with Gasteiger partial charge < -0.3 is 0 Å². The van der Waals surface area contributed by atoms with E-state index in [0.29, 0.717) is 0 Å². The first-order valence-corrected chi connectivity index (χ1v) is 20.7. The number of hydrogen-bond acceptors (Lipinski definition) is 0. The van der Waals surface area contributed by atoms with E-state index >= 15 is 0 Å². The molecule has 0 fully saturated rings. The van der Waals surface area contributed by atoms with Crippen LogP contribution < -0.4 is 0 Å². The van der Waals surface area contributed by atoms with E-state index in [4.69, 9.17) is 0 Å². The minimum atomic E-state index is 1.19. The normalized spacial score (nSPS) is 11.3. The molecule has 0 nitrogen and oxygen atoms in total. The highest BCUT2D eigenvalue weighted by Gasteiger charge is 2.20. The first-order chi connectivity index (χ1) is 29.8. The first kappa shape index (κ1) is 35.4. The monoisotopic (exact) mass is 760 g/mol. The van der Waals surface area contributed by atoms with Crippen LogP contribution in [-0.4, -0.2) is 0 Å². The molecule has 280 valence electrons. The summed E-state index contributed by atoms with van der Waals surface area (Å²) in [6, 6.07) is 88.7. The van der Waals surface area contributed by atoms with E-state index in [0.717, 1.165) is 0 Å². The molecule has 11 aromatic carbocycles. The first-order valence-electron chi connectivity index (χ1n) is 20.7. The second kappa shape index (κ2) is 15.2. The summed E-state index contributed by atoms with van der Waals surface area (Å²) in [4.78, 5) is 0. The number of fused-ring (bicyclic) bond motifs is 3. The number of rotatable bonds is 7. The molecule has 0 spiro atoms. The van der Waals surface area contributed by atoms with E-state index in [1.54, 1.807) is 0 Å². The molecule has 0 aromatic heterocycles. The molecule has 0 amide bonds. The lowest BCUT2D eigenvalue weighted by Gasteiger charge is -2.21. The van der Waals surface area contributed by atoms with Gasteiger partial charge in [-0.3, -0.25) is 0 Å². The highest BCUT2D eigenvalue weighted by atomic mass is 14.2. The molecule has 0 N–H and O–H groups in total. The molecule has 60 heavy (non-hydrogen) atoms. The van der Waals surface area contributed by atoms with E-state index in [2.05, 4.69) is 243 Å². The minimum absolute atomic E-state index is 1.19. The van der Waals surface area contributed by atoms with Gasteiger partial charge in [0.1, 0.15) is 0 Å². The van der Waals surface area contributed by atoms with Gasteiger partial charge in [0.05, 0.1) is 0 Å². The fourth-order valence-electron chi connectivity index (χ4n) is 9.19. The zero-order chi connectivity index (χ0) is 39.8. The van der Waals surface area contributed by atoms with E-state index in [9.17, 15) is 0 Å². The molecule has 0 radical (unpaired) electrons. The Hall–Kier alpha value is -7.80. The van der Waals surface area contributed by atoms with Crippen LogP contribution in [-0.2, 0) is 0 Å². The summed E-state index contributed by atoms with van der Waals surface area (Å²) in [5.41, 5.74) is 17.1. The topological polar surface area (TPSA) is 0 Å². The lowest BCUT2D eigenvalue weighted by Crippen LogP contribution is -1.94. The Labute approximate surface area is 351 Å². The SMILES string of the molecule is c1ccc(-c2cccc(-c3ccc(-c4ccc(-c5ccc(-c6cccc7ccccc67)cc5)cc4)cc3-c3c4ccccc4c(-c4ccccc4)c4ccccc34)c2)cc1. The van der Waals surface area contributed by atoms with Gasteiger partial charge in [0.2, 0.25) is 0 Å². The molecule has 0 atom stereocenters. The van der Waals surface area contributed by atoms with Crippen LogP contribution >= 0.6 is 0 Å². The van der Waals surface area contributed by atoms with Crippen LogP contribution in [0.2, 0.25) is 0 Å². The maximum absolute atomic E-state index is 2.43. The molecule has 0 heteroatoms. The van der Waals surface area contributed by atoms with E-state index in [1.165, 1.54) is 110 Å². The summed E-state index contributed by atoms with van der Waals surface area (Å²) in [6.45, 7) is 0. The Kier molecular flexibility index (Phi) is 8.95. The van der Waals surface area contributed by atoms with Crippen molar-refractivity contribution in [3.63, 3.8) is 0 Å². The molecule has 0 saturated carbocycles. The Morgan fingerprint density at radius 2 is 0.567 bits per heavy atom. The minimum Gasteiger partial charge on any atom is -0.0622 e. The molecule has 0 aliphatic rings. The third-order valence-corrected chi connectivity index (χ3v) is 12.1. The molecule has 0 saturated heterocycles. The lowest BCUT2D eigenvalue weighted by atomic mass is 9.82. The molecule has 0 aliphatic heterocycles. The highest BCUT2D eigenvalue weighted by molar-refractivity contribution is 6.22. The zero-order valence-electron chi connectivity index (χ0n) is 33.1. The second-order valence-electron chi connectivity index (χ2n) is 15.6. The molecular weight excluding hydrogens is 721 g/mol. The van der Waals surface area contributed by atoms with Crippen LogP contribution in [0, 0.1) is 0 Å². The van der Waals surface area contributed by atoms with E-state index in [1.807, 2.05) is 0 Å². The molecule has 11 aromatic rings. The van der Waals surface area contributed by atoms with Crippen LogP contribution in [0.3, 0.4) is 0 Å². The van der Waals surface area contributed by atoms with Gasteiger partial charge in [-0.2, -0.15) is 0 Å². The number of hydrogen-bond donors (Lipinski definition) is 0. The Morgan fingerprint density at radius 3 is 1.20 bits per heavy atom. The molecular formula is C60H40. The Bertz CT molecular complexity index is 3260. The van der Waals surface area contributed by atoms with Gasteiger partial charge in [-0.05, 0) is 122 Å². The fraction of sp³-hybridized carbons (Fsp3) is 0.